The summed E-state index contributed by atoms with van der Waals surface area (Å²) < 4.78 is 0. The van der Waals surface area contributed by atoms with Crippen LogP contribution in [-0.2, 0) is 0 Å². The van der Waals surface area contributed by atoms with E-state index in [0.29, 0.717) is 17.4 Å². The number of hydrogen-bond donors (Lipinski definition) is 0. The topological polar surface area (TPSA) is 50.3 Å². The quantitative estimate of drug-likeness (QED) is 0.772. The van der Waals surface area contributed by atoms with Gasteiger partial charge in [0.25, 0.3) is 5.91 Å². The number of rotatable bonds is 3. The second kappa shape index (κ2) is 5.29. The molecule has 0 aromatic carbocycles. The van der Waals surface area contributed by atoms with Crippen LogP contribution in [0.1, 0.15) is 55.3 Å². The van der Waals surface area contributed by atoms with Crippen molar-refractivity contribution in [2.75, 3.05) is 0 Å². The van der Waals surface area contributed by atoms with Gasteiger partial charge in [-0.25, -0.2) is 0 Å². The molecule has 1 rings (SSSR count). The third-order valence-corrected chi connectivity index (χ3v) is 2.60. The first-order valence-corrected chi connectivity index (χ1v) is 6.01. The van der Waals surface area contributed by atoms with Crippen LogP contribution in [0.25, 0.3) is 0 Å². The van der Waals surface area contributed by atoms with Gasteiger partial charge in [-0.2, -0.15) is 0 Å². The van der Waals surface area contributed by atoms with Crippen LogP contribution in [0, 0.1) is 0 Å². The summed E-state index contributed by atoms with van der Waals surface area (Å²) >= 11 is 0. The maximum Gasteiger partial charge on any atom is 0.256 e. The second-order valence-corrected chi connectivity index (χ2v) is 5.56. The minimum absolute atomic E-state index is 0.0809. The van der Waals surface area contributed by atoms with Crippen LogP contribution in [0.15, 0.2) is 18.5 Å². The fourth-order valence-electron chi connectivity index (χ4n) is 2.09. The van der Waals surface area contributed by atoms with Gasteiger partial charge < -0.3 is 4.90 Å². The minimum atomic E-state index is -0.275. The van der Waals surface area contributed by atoms with E-state index in [1.165, 1.54) is 12.4 Å². The van der Waals surface area contributed by atoms with E-state index < -0.39 is 0 Å². The van der Waals surface area contributed by atoms with Crippen LogP contribution in [0.2, 0.25) is 0 Å². The van der Waals surface area contributed by atoms with E-state index in [1.807, 2.05) is 34.6 Å². The Hall–Kier alpha value is -1.71. The number of hydrogen-bond acceptors (Lipinski definition) is 3. The van der Waals surface area contributed by atoms with E-state index in [0.717, 1.165) is 0 Å². The molecule has 0 radical (unpaired) electrons. The van der Waals surface area contributed by atoms with Gasteiger partial charge in [-0.15, -0.1) is 0 Å². The van der Waals surface area contributed by atoms with Crippen molar-refractivity contribution in [1.29, 1.82) is 0 Å². The summed E-state index contributed by atoms with van der Waals surface area (Å²) in [6, 6.07) is 1.65. The summed E-state index contributed by atoms with van der Waals surface area (Å²) in [5, 5.41) is 0. The first-order valence-electron chi connectivity index (χ1n) is 6.01. The minimum Gasteiger partial charge on any atom is -0.331 e. The van der Waals surface area contributed by atoms with Crippen molar-refractivity contribution in [3.05, 3.63) is 29.6 Å². The van der Waals surface area contributed by atoms with Crippen LogP contribution < -0.4 is 0 Å². The average Bonchev–Trinajstić information content (AvgIpc) is 2.26. The zero-order valence-corrected chi connectivity index (χ0v) is 11.6. The lowest BCUT2D eigenvalue weighted by Gasteiger charge is -2.39. The van der Waals surface area contributed by atoms with E-state index in [9.17, 15) is 9.59 Å². The first kappa shape index (κ1) is 14.4. The highest BCUT2D eigenvalue weighted by atomic mass is 16.2. The molecule has 0 N–H and O–H groups in total. The maximum atomic E-state index is 12.5. The molecular weight excluding hydrogens is 228 g/mol. The van der Waals surface area contributed by atoms with Crippen LogP contribution in [0.4, 0.5) is 0 Å². The molecule has 1 heterocycles. The molecule has 1 aromatic rings. The van der Waals surface area contributed by atoms with Crippen molar-refractivity contribution >= 4 is 12.2 Å². The molecule has 0 fully saturated rings. The Morgan fingerprint density at radius 2 is 1.94 bits per heavy atom. The van der Waals surface area contributed by atoms with Gasteiger partial charge in [-0.05, 0) is 40.7 Å². The third-order valence-electron chi connectivity index (χ3n) is 2.60. The van der Waals surface area contributed by atoms with Crippen LogP contribution in [0.5, 0.6) is 0 Å². The van der Waals surface area contributed by atoms with Crippen LogP contribution in [0.3, 0.4) is 0 Å². The Balaban J connectivity index is 3.14. The first-order chi connectivity index (χ1) is 8.27. The van der Waals surface area contributed by atoms with Gasteiger partial charge in [0.15, 0.2) is 6.29 Å². The van der Waals surface area contributed by atoms with Gasteiger partial charge in [0.05, 0.1) is 5.56 Å². The normalized spacial score (nSPS) is 11.4. The Bertz CT molecular complexity index is 447. The standard InChI is InChI=1S/C14H20N2O2/c1-10(2)16(14(3,4)5)13(18)12-6-11(9-17)7-15-8-12/h6-10H,1-5H3. The molecule has 0 bridgehead atoms. The number of nitrogens with zero attached hydrogens (tertiary/aromatic N) is 2. The molecule has 18 heavy (non-hydrogen) atoms. The number of carbonyl (C=O) groups is 2. The third kappa shape index (κ3) is 3.15. The predicted molar refractivity (Wildman–Crippen MR) is 70.7 cm³/mol. The molecule has 0 aliphatic heterocycles. The fraction of sp³-hybridized carbons (Fsp3) is 0.500. The molecule has 0 saturated heterocycles. The van der Waals surface area contributed by atoms with Crippen molar-refractivity contribution in [3.63, 3.8) is 0 Å². The smallest absolute Gasteiger partial charge is 0.256 e. The number of carbonyl (C=O) groups excluding carboxylic acids is 2. The van der Waals surface area contributed by atoms with Gasteiger partial charge >= 0.3 is 0 Å². The summed E-state index contributed by atoms with van der Waals surface area (Å²) in [6.45, 7) is 9.91. The summed E-state index contributed by atoms with van der Waals surface area (Å²) in [6.07, 6.45) is 3.64. The lowest BCUT2D eigenvalue weighted by atomic mass is 10.0. The molecule has 1 aromatic heterocycles. The number of pyridine rings is 1. The average molecular weight is 248 g/mol. The Morgan fingerprint density at radius 3 is 2.39 bits per heavy atom. The summed E-state index contributed by atoms with van der Waals surface area (Å²) in [5.74, 6) is -0.103. The van der Waals surface area contributed by atoms with Gasteiger partial charge in [0.2, 0.25) is 0 Å². The van der Waals surface area contributed by atoms with E-state index in [4.69, 9.17) is 0 Å². The number of aromatic nitrogens is 1. The molecule has 98 valence electrons. The SMILES string of the molecule is CC(C)N(C(=O)c1cncc(C=O)c1)C(C)(C)C. The molecule has 4 nitrogen and oxygen atoms in total. The van der Waals surface area contributed by atoms with Crippen molar-refractivity contribution in [3.8, 4) is 0 Å². The highest BCUT2D eigenvalue weighted by Gasteiger charge is 2.29. The molecule has 0 aliphatic rings. The van der Waals surface area contributed by atoms with E-state index >= 15 is 0 Å². The lowest BCUT2D eigenvalue weighted by molar-refractivity contribution is 0.0489. The Morgan fingerprint density at radius 1 is 1.33 bits per heavy atom. The van der Waals surface area contributed by atoms with Gasteiger partial charge in [0.1, 0.15) is 0 Å². The van der Waals surface area contributed by atoms with E-state index in [1.54, 1.807) is 11.0 Å². The van der Waals surface area contributed by atoms with Gasteiger partial charge in [0, 0.05) is 29.5 Å². The van der Waals surface area contributed by atoms with Gasteiger partial charge in [-0.1, -0.05) is 0 Å². The highest BCUT2D eigenvalue weighted by molar-refractivity contribution is 5.96. The van der Waals surface area contributed by atoms with Crippen LogP contribution >= 0.6 is 0 Å². The number of amides is 1. The molecule has 0 spiro atoms. The zero-order chi connectivity index (χ0) is 13.9. The lowest BCUT2D eigenvalue weighted by Crippen LogP contribution is -2.49. The number of aldehydes is 1. The van der Waals surface area contributed by atoms with Crippen molar-refractivity contribution in [2.45, 2.75) is 46.2 Å². The van der Waals surface area contributed by atoms with Crippen molar-refractivity contribution in [1.82, 2.24) is 9.88 Å². The summed E-state index contributed by atoms with van der Waals surface area (Å²) in [7, 11) is 0. The Labute approximate surface area is 108 Å². The van der Waals surface area contributed by atoms with E-state index in [2.05, 4.69) is 4.98 Å². The fourth-order valence-corrected chi connectivity index (χ4v) is 2.09. The highest BCUT2D eigenvalue weighted by Crippen LogP contribution is 2.20. The molecule has 0 aliphatic carbocycles. The van der Waals surface area contributed by atoms with Gasteiger partial charge in [-0.3, -0.25) is 14.6 Å². The molecule has 0 atom stereocenters. The molecule has 4 heteroatoms. The molecule has 0 unspecified atom stereocenters. The summed E-state index contributed by atoms with van der Waals surface area (Å²) in [5.41, 5.74) is 0.587. The maximum absolute atomic E-state index is 12.5. The summed E-state index contributed by atoms with van der Waals surface area (Å²) in [4.78, 5) is 28.9. The molecular formula is C14H20N2O2. The van der Waals surface area contributed by atoms with Crippen LogP contribution in [-0.4, -0.2) is 33.7 Å². The molecule has 0 saturated carbocycles. The van der Waals surface area contributed by atoms with Crippen molar-refractivity contribution in [2.24, 2.45) is 0 Å². The molecule has 1 amide bonds. The monoisotopic (exact) mass is 248 g/mol. The zero-order valence-electron chi connectivity index (χ0n) is 11.6. The second-order valence-electron chi connectivity index (χ2n) is 5.56. The largest absolute Gasteiger partial charge is 0.331 e. The Kier molecular flexibility index (Phi) is 4.22. The predicted octanol–water partition coefficient (Wildman–Crippen LogP) is 2.54. The van der Waals surface area contributed by atoms with E-state index in [-0.39, 0.29) is 17.5 Å². The van der Waals surface area contributed by atoms with Crippen molar-refractivity contribution < 1.29 is 9.59 Å².